The molecule has 0 amide bonds. The fourth-order valence-corrected chi connectivity index (χ4v) is 2.44. The first-order valence-corrected chi connectivity index (χ1v) is 5.68. The number of rotatable bonds is 4. The summed E-state index contributed by atoms with van der Waals surface area (Å²) in [6.07, 6.45) is 0.556. The summed E-state index contributed by atoms with van der Waals surface area (Å²) in [6.45, 7) is 6.19. The Morgan fingerprint density at radius 1 is 1.33 bits per heavy atom. The zero-order chi connectivity index (χ0) is 9.94. The summed E-state index contributed by atoms with van der Waals surface area (Å²) in [5.74, 6) is -0.282. The van der Waals surface area contributed by atoms with Crippen molar-refractivity contribution in [1.82, 2.24) is 0 Å². The van der Waals surface area contributed by atoms with Gasteiger partial charge in [-0.1, -0.05) is 6.92 Å². The minimum Gasteiger partial charge on any atom is -0.299 e. The fourth-order valence-electron chi connectivity index (χ4n) is 0.812. The summed E-state index contributed by atoms with van der Waals surface area (Å²) in [5.41, 5.74) is 0. The first-order valence-electron chi connectivity index (χ1n) is 4.07. The highest BCUT2D eigenvalue weighted by Gasteiger charge is 2.29. The van der Waals surface area contributed by atoms with Crippen LogP contribution in [-0.2, 0) is 14.6 Å². The Morgan fingerprint density at radius 2 is 1.75 bits per heavy atom. The standard InChI is InChI=1S/C8H16O3S/c1-5-6(2)12(10,11)8(4)7(3)9/h6,8H,5H2,1-4H3. The van der Waals surface area contributed by atoms with E-state index in [1.54, 1.807) is 13.8 Å². The molecule has 0 N–H and O–H groups in total. The lowest BCUT2D eigenvalue weighted by Gasteiger charge is -2.14. The molecule has 12 heavy (non-hydrogen) atoms. The number of hydrogen-bond donors (Lipinski definition) is 0. The Hall–Kier alpha value is -0.380. The van der Waals surface area contributed by atoms with Crippen LogP contribution >= 0.6 is 0 Å². The van der Waals surface area contributed by atoms with Gasteiger partial charge in [-0.15, -0.1) is 0 Å². The van der Waals surface area contributed by atoms with E-state index in [1.165, 1.54) is 13.8 Å². The van der Waals surface area contributed by atoms with Gasteiger partial charge in [0.25, 0.3) is 0 Å². The molecule has 0 radical (unpaired) electrons. The zero-order valence-corrected chi connectivity index (χ0v) is 8.81. The Balaban J connectivity index is 4.74. The maximum atomic E-state index is 11.5. The SMILES string of the molecule is CCC(C)S(=O)(=O)C(C)C(C)=O. The first kappa shape index (κ1) is 11.6. The molecule has 3 nitrogen and oxygen atoms in total. The summed E-state index contributed by atoms with van der Waals surface area (Å²) in [5, 5.41) is -1.27. The predicted molar refractivity (Wildman–Crippen MR) is 48.8 cm³/mol. The van der Waals surface area contributed by atoms with Gasteiger partial charge in [0, 0.05) is 0 Å². The molecular formula is C8H16O3S. The molecule has 2 atom stereocenters. The number of carbonyl (C=O) groups is 1. The number of sulfone groups is 1. The van der Waals surface area contributed by atoms with Gasteiger partial charge in [0.2, 0.25) is 0 Å². The topological polar surface area (TPSA) is 51.2 Å². The molecule has 0 spiro atoms. The molecule has 0 saturated carbocycles. The molecule has 0 rings (SSSR count). The van der Waals surface area contributed by atoms with E-state index in [4.69, 9.17) is 0 Å². The third kappa shape index (κ3) is 2.30. The molecule has 0 aromatic heterocycles. The third-order valence-corrected chi connectivity index (χ3v) is 4.97. The van der Waals surface area contributed by atoms with Crippen LogP contribution in [0, 0.1) is 0 Å². The monoisotopic (exact) mass is 192 g/mol. The summed E-state index contributed by atoms with van der Waals surface area (Å²) in [7, 11) is -3.24. The maximum absolute atomic E-state index is 11.5. The summed E-state index contributed by atoms with van der Waals surface area (Å²) < 4.78 is 23.0. The van der Waals surface area contributed by atoms with Gasteiger partial charge in [-0.05, 0) is 27.2 Å². The zero-order valence-electron chi connectivity index (χ0n) is 7.99. The highest BCUT2D eigenvalue weighted by molar-refractivity contribution is 7.93. The smallest absolute Gasteiger partial charge is 0.162 e. The van der Waals surface area contributed by atoms with Crippen molar-refractivity contribution in [3.8, 4) is 0 Å². The molecule has 0 aromatic carbocycles. The summed E-state index contributed by atoms with van der Waals surface area (Å²) >= 11 is 0. The van der Waals surface area contributed by atoms with Gasteiger partial charge in [0.05, 0.1) is 5.25 Å². The average molecular weight is 192 g/mol. The van der Waals surface area contributed by atoms with E-state index in [0.29, 0.717) is 6.42 Å². The Bertz CT molecular complexity index is 253. The van der Waals surface area contributed by atoms with Crippen molar-refractivity contribution >= 4 is 15.6 Å². The summed E-state index contributed by atoms with van der Waals surface area (Å²) in [6, 6.07) is 0. The van der Waals surface area contributed by atoms with Gasteiger partial charge < -0.3 is 0 Å². The van der Waals surface area contributed by atoms with Crippen molar-refractivity contribution in [2.24, 2.45) is 0 Å². The van der Waals surface area contributed by atoms with Crippen LogP contribution in [0.1, 0.15) is 34.1 Å². The Morgan fingerprint density at radius 3 is 2.00 bits per heavy atom. The van der Waals surface area contributed by atoms with Crippen molar-refractivity contribution in [2.45, 2.75) is 44.6 Å². The average Bonchev–Trinajstić information content (AvgIpc) is 2.01. The van der Waals surface area contributed by atoms with Gasteiger partial charge >= 0.3 is 0 Å². The van der Waals surface area contributed by atoms with E-state index in [0.717, 1.165) is 0 Å². The van der Waals surface area contributed by atoms with Crippen LogP contribution in [0.5, 0.6) is 0 Å². The highest BCUT2D eigenvalue weighted by atomic mass is 32.2. The minimum absolute atomic E-state index is 0.282. The third-order valence-electron chi connectivity index (χ3n) is 2.20. The van der Waals surface area contributed by atoms with Crippen molar-refractivity contribution in [1.29, 1.82) is 0 Å². The maximum Gasteiger partial charge on any atom is 0.162 e. The van der Waals surface area contributed by atoms with Gasteiger partial charge in [0.1, 0.15) is 11.0 Å². The molecule has 0 heterocycles. The second kappa shape index (κ2) is 4.03. The van der Waals surface area contributed by atoms with Crippen LogP contribution < -0.4 is 0 Å². The molecule has 0 aromatic rings. The normalized spacial score (nSPS) is 17.0. The van der Waals surface area contributed by atoms with Gasteiger partial charge in [-0.2, -0.15) is 0 Å². The second-order valence-corrected chi connectivity index (χ2v) is 5.75. The number of Topliss-reactive ketones (excluding diaryl/α,β-unsaturated/α-hetero) is 1. The van der Waals surface area contributed by atoms with Gasteiger partial charge in [-0.25, -0.2) is 8.42 Å². The largest absolute Gasteiger partial charge is 0.299 e. The van der Waals surface area contributed by atoms with E-state index < -0.39 is 20.3 Å². The van der Waals surface area contributed by atoms with Gasteiger partial charge in [0.15, 0.2) is 9.84 Å². The van der Waals surface area contributed by atoms with Crippen molar-refractivity contribution in [2.75, 3.05) is 0 Å². The molecule has 0 saturated heterocycles. The van der Waals surface area contributed by atoms with Crippen LogP contribution in [0.4, 0.5) is 0 Å². The molecule has 0 bridgehead atoms. The Kier molecular flexibility index (Phi) is 3.90. The highest BCUT2D eigenvalue weighted by Crippen LogP contribution is 2.12. The lowest BCUT2D eigenvalue weighted by molar-refractivity contribution is -0.116. The molecule has 0 fully saturated rings. The molecule has 0 aliphatic rings. The van der Waals surface area contributed by atoms with E-state index in [9.17, 15) is 13.2 Å². The van der Waals surface area contributed by atoms with Crippen LogP contribution in [0.3, 0.4) is 0 Å². The Labute approximate surface area is 74.1 Å². The lowest BCUT2D eigenvalue weighted by atomic mass is 10.3. The fraction of sp³-hybridized carbons (Fsp3) is 0.875. The molecule has 72 valence electrons. The molecule has 2 unspecified atom stereocenters. The molecular weight excluding hydrogens is 176 g/mol. The van der Waals surface area contributed by atoms with E-state index >= 15 is 0 Å². The molecule has 4 heteroatoms. The van der Waals surface area contributed by atoms with E-state index in [1.807, 2.05) is 0 Å². The van der Waals surface area contributed by atoms with Crippen molar-refractivity contribution in [3.63, 3.8) is 0 Å². The van der Waals surface area contributed by atoms with E-state index in [2.05, 4.69) is 0 Å². The van der Waals surface area contributed by atoms with Gasteiger partial charge in [-0.3, -0.25) is 4.79 Å². The predicted octanol–water partition coefficient (Wildman–Crippen LogP) is 1.18. The number of carbonyl (C=O) groups excluding carboxylic acids is 1. The van der Waals surface area contributed by atoms with E-state index in [-0.39, 0.29) is 5.78 Å². The molecule has 0 aliphatic carbocycles. The van der Waals surface area contributed by atoms with Crippen LogP contribution in [0.2, 0.25) is 0 Å². The van der Waals surface area contributed by atoms with Crippen LogP contribution in [-0.4, -0.2) is 24.7 Å². The van der Waals surface area contributed by atoms with Crippen molar-refractivity contribution in [3.05, 3.63) is 0 Å². The quantitative estimate of drug-likeness (QED) is 0.672. The van der Waals surface area contributed by atoms with Crippen LogP contribution in [0.15, 0.2) is 0 Å². The first-order chi connectivity index (χ1) is 5.34. The second-order valence-electron chi connectivity index (χ2n) is 3.06. The molecule has 0 aliphatic heterocycles. The number of ketones is 1. The van der Waals surface area contributed by atoms with Crippen LogP contribution in [0.25, 0.3) is 0 Å². The summed E-state index contributed by atoms with van der Waals surface area (Å²) in [4.78, 5) is 10.8. The lowest BCUT2D eigenvalue weighted by Crippen LogP contribution is -2.32. The number of hydrogen-bond acceptors (Lipinski definition) is 3. The minimum atomic E-state index is -3.24. The van der Waals surface area contributed by atoms with Crippen molar-refractivity contribution < 1.29 is 13.2 Å².